The summed E-state index contributed by atoms with van der Waals surface area (Å²) in [4.78, 5) is 22.2. The first-order valence-corrected chi connectivity index (χ1v) is 18.9. The van der Waals surface area contributed by atoms with Gasteiger partial charge in [0.1, 0.15) is 28.9 Å². The number of para-hydroxylation sites is 1. The van der Waals surface area contributed by atoms with E-state index in [1.165, 1.54) is 16.7 Å². The van der Waals surface area contributed by atoms with Crippen LogP contribution in [0.25, 0.3) is 11.0 Å². The van der Waals surface area contributed by atoms with Crippen molar-refractivity contribution < 1.29 is 27.8 Å². The van der Waals surface area contributed by atoms with Crippen molar-refractivity contribution in [2.45, 2.75) is 83.5 Å². The lowest BCUT2D eigenvalue weighted by molar-refractivity contribution is 0.0904. The third kappa shape index (κ3) is 7.23. The number of sulfonamides is 1. The van der Waals surface area contributed by atoms with E-state index in [-0.39, 0.29) is 54.8 Å². The van der Waals surface area contributed by atoms with Crippen LogP contribution in [0.5, 0.6) is 11.8 Å². The normalized spacial score (nSPS) is 16.5. The Morgan fingerprint density at radius 2 is 1.85 bits per heavy atom. The van der Waals surface area contributed by atoms with E-state index in [0.29, 0.717) is 18.7 Å². The maximum atomic E-state index is 14.1. The summed E-state index contributed by atoms with van der Waals surface area (Å²) in [5, 5.41) is 21.1. The molecule has 0 radical (unpaired) electrons. The maximum Gasteiger partial charge on any atom is 0.316 e. The van der Waals surface area contributed by atoms with Crippen molar-refractivity contribution in [1.29, 1.82) is 0 Å². The molecule has 0 fully saturated rings. The van der Waals surface area contributed by atoms with Gasteiger partial charge in [-0.1, -0.05) is 48.5 Å². The number of aliphatic hydroxyl groups excluding tert-OH is 1. The molecular weight excluding hydrogens is 683 g/mol. The van der Waals surface area contributed by atoms with Crippen molar-refractivity contribution in [3.8, 4) is 11.8 Å². The second-order valence-corrected chi connectivity index (χ2v) is 15.5. The lowest BCUT2D eigenvalue weighted by Gasteiger charge is -2.37. The average Bonchev–Trinajstić information content (AvgIpc) is 3.52. The Labute approximate surface area is 304 Å². The minimum Gasteiger partial charge on any atom is -0.488 e. The van der Waals surface area contributed by atoms with Gasteiger partial charge < -0.3 is 19.9 Å². The second kappa shape index (κ2) is 15.0. The number of amides is 1. The molecule has 0 spiro atoms. The molecule has 2 aromatic heterocycles. The highest BCUT2D eigenvalue weighted by molar-refractivity contribution is 7.89. The molecule has 2 N–H and O–H groups in total. The molecule has 0 saturated carbocycles. The summed E-state index contributed by atoms with van der Waals surface area (Å²) in [6.07, 6.45) is 3.10. The number of nitrogens with one attached hydrogen (secondary N) is 1. The van der Waals surface area contributed by atoms with Gasteiger partial charge in [-0.2, -0.15) is 4.31 Å². The number of aliphatic hydroxyl groups is 1. The number of carbonyl (C=O) groups is 1. The number of benzene rings is 3. The zero-order chi connectivity index (χ0) is 37.2. The Balaban J connectivity index is 1.41. The van der Waals surface area contributed by atoms with Crippen molar-refractivity contribution in [2.75, 3.05) is 19.8 Å². The Kier molecular flexibility index (Phi) is 10.6. The predicted molar refractivity (Wildman–Crippen MR) is 196 cm³/mol. The van der Waals surface area contributed by atoms with Crippen molar-refractivity contribution in [1.82, 2.24) is 34.6 Å². The van der Waals surface area contributed by atoms with E-state index in [2.05, 4.69) is 31.7 Å². The van der Waals surface area contributed by atoms with Gasteiger partial charge in [0.15, 0.2) is 0 Å². The SMILES string of the molecule is CC[C@@H]1CN(Cc2cc(C(c3ccc4c(nnn4CC)c3C)C(C)(C)NC(=O)c3cnc(OCCO)nc3)ccc2C)S(=O)(=O)c2ccccc2O1. The van der Waals surface area contributed by atoms with Crippen LogP contribution in [0.4, 0.5) is 0 Å². The van der Waals surface area contributed by atoms with Gasteiger partial charge in [0.25, 0.3) is 5.91 Å². The average molecular weight is 728 g/mol. The summed E-state index contributed by atoms with van der Waals surface area (Å²) in [7, 11) is -3.88. The molecule has 0 bridgehead atoms. The molecule has 1 unspecified atom stereocenters. The first-order valence-electron chi connectivity index (χ1n) is 17.4. The smallest absolute Gasteiger partial charge is 0.316 e. The minimum atomic E-state index is -3.88. The Bertz CT molecular complexity index is 2190. The molecule has 14 heteroatoms. The standard InChI is InChI=1S/C38H45N7O6S/c1-7-29-23-44(52(48,49)33-12-10-9-11-32(33)51-29)22-27-19-26(14-13-24(27)3)34(30-15-16-31-35(25(30)4)42-43-45(31)8-2)38(5,6)41-36(47)28-20-39-37(40-21-28)50-18-17-46/h9-16,19-21,29,34,46H,7-8,17-18,22-23H2,1-6H3,(H,41,47)/t29-,34?/m1/s1. The van der Waals surface area contributed by atoms with Crippen LogP contribution in [0.1, 0.15) is 78.2 Å². The molecule has 0 saturated heterocycles. The summed E-state index contributed by atoms with van der Waals surface area (Å²) in [6.45, 7) is 12.8. The molecule has 2 atom stereocenters. The van der Waals surface area contributed by atoms with Gasteiger partial charge in [0, 0.05) is 36.9 Å². The van der Waals surface area contributed by atoms with Crippen molar-refractivity contribution in [3.63, 3.8) is 0 Å². The summed E-state index contributed by atoms with van der Waals surface area (Å²) >= 11 is 0. The van der Waals surface area contributed by atoms with Crippen LogP contribution in [0.2, 0.25) is 0 Å². The summed E-state index contributed by atoms with van der Waals surface area (Å²) in [6, 6.07) is 17.0. The van der Waals surface area contributed by atoms with Crippen LogP contribution >= 0.6 is 0 Å². The second-order valence-electron chi connectivity index (χ2n) is 13.6. The number of hydrogen-bond acceptors (Lipinski definition) is 10. The first kappa shape index (κ1) is 36.9. The number of ether oxygens (including phenoxy) is 2. The largest absolute Gasteiger partial charge is 0.488 e. The Hall–Kier alpha value is -4.92. The van der Waals surface area contributed by atoms with E-state index in [1.54, 1.807) is 24.3 Å². The summed E-state index contributed by atoms with van der Waals surface area (Å²) < 4.78 is 42.9. The van der Waals surface area contributed by atoms with Gasteiger partial charge in [-0.15, -0.1) is 5.10 Å². The zero-order valence-electron chi connectivity index (χ0n) is 30.3. The molecular formula is C38H45N7O6S. The molecule has 13 nitrogen and oxygen atoms in total. The van der Waals surface area contributed by atoms with Gasteiger partial charge in [0.2, 0.25) is 10.0 Å². The fourth-order valence-corrected chi connectivity index (χ4v) is 8.40. The molecule has 1 amide bonds. The fourth-order valence-electron chi connectivity index (χ4n) is 6.83. The fraction of sp³-hybridized carbons (Fsp3) is 0.395. The van der Waals surface area contributed by atoms with Crippen LogP contribution in [0, 0.1) is 13.8 Å². The third-order valence-electron chi connectivity index (χ3n) is 9.64. The van der Waals surface area contributed by atoms with Gasteiger partial charge in [0.05, 0.1) is 24.2 Å². The van der Waals surface area contributed by atoms with E-state index in [9.17, 15) is 13.2 Å². The number of carbonyl (C=O) groups excluding carboxylic acids is 1. The number of rotatable bonds is 12. The van der Waals surface area contributed by atoms with Gasteiger partial charge >= 0.3 is 6.01 Å². The number of fused-ring (bicyclic) bond motifs is 2. The molecule has 1 aliphatic rings. The molecule has 274 valence electrons. The van der Waals surface area contributed by atoms with E-state index in [0.717, 1.165) is 38.9 Å². The van der Waals surface area contributed by atoms with Crippen molar-refractivity contribution in [3.05, 3.63) is 100 Å². The minimum absolute atomic E-state index is 0.0401. The highest BCUT2D eigenvalue weighted by Crippen LogP contribution is 2.40. The molecule has 3 aromatic carbocycles. The van der Waals surface area contributed by atoms with Crippen LogP contribution in [-0.4, -0.2) is 80.1 Å². The lowest BCUT2D eigenvalue weighted by atomic mass is 9.74. The van der Waals surface area contributed by atoms with Crippen molar-refractivity contribution >= 4 is 27.0 Å². The maximum absolute atomic E-state index is 14.1. The molecule has 52 heavy (non-hydrogen) atoms. The Morgan fingerprint density at radius 1 is 1.10 bits per heavy atom. The van der Waals surface area contributed by atoms with Crippen LogP contribution < -0.4 is 14.8 Å². The zero-order valence-corrected chi connectivity index (χ0v) is 31.1. The predicted octanol–water partition coefficient (Wildman–Crippen LogP) is 4.93. The topological polar surface area (TPSA) is 162 Å². The number of nitrogens with zero attached hydrogens (tertiary/aromatic N) is 6. The Morgan fingerprint density at radius 3 is 2.56 bits per heavy atom. The highest BCUT2D eigenvalue weighted by atomic mass is 32.2. The summed E-state index contributed by atoms with van der Waals surface area (Å²) in [5.41, 5.74) is 5.55. The van der Waals surface area contributed by atoms with Gasteiger partial charge in [-0.25, -0.2) is 23.1 Å². The first-order chi connectivity index (χ1) is 24.9. The highest BCUT2D eigenvalue weighted by Gasteiger charge is 2.38. The van der Waals surface area contributed by atoms with Crippen LogP contribution in [0.15, 0.2) is 71.9 Å². The molecule has 5 aromatic rings. The number of aromatic nitrogens is 5. The van der Waals surface area contributed by atoms with E-state index in [4.69, 9.17) is 14.6 Å². The molecule has 3 heterocycles. The monoisotopic (exact) mass is 727 g/mol. The van der Waals surface area contributed by atoms with Gasteiger partial charge in [-0.05, 0) is 87.1 Å². The van der Waals surface area contributed by atoms with E-state index >= 15 is 0 Å². The molecule has 6 rings (SSSR count). The number of aryl methyl sites for hydroxylation is 3. The van der Waals surface area contributed by atoms with E-state index in [1.807, 2.05) is 70.5 Å². The molecule has 0 aliphatic carbocycles. The van der Waals surface area contributed by atoms with Crippen LogP contribution in [0.3, 0.4) is 0 Å². The third-order valence-corrected chi connectivity index (χ3v) is 11.5. The van der Waals surface area contributed by atoms with Crippen molar-refractivity contribution in [2.24, 2.45) is 0 Å². The molecule has 1 aliphatic heterocycles. The van der Waals surface area contributed by atoms with E-state index < -0.39 is 21.5 Å². The van der Waals surface area contributed by atoms with Gasteiger partial charge in [-0.3, -0.25) is 4.79 Å². The van der Waals surface area contributed by atoms with Crippen LogP contribution in [-0.2, 0) is 23.1 Å². The summed E-state index contributed by atoms with van der Waals surface area (Å²) in [5.74, 6) is -0.427. The quantitative estimate of drug-likeness (QED) is 0.180. The lowest BCUT2D eigenvalue weighted by Crippen LogP contribution is -2.48. The number of hydrogen-bond donors (Lipinski definition) is 2.